The van der Waals surface area contributed by atoms with Crippen LogP contribution in [0.1, 0.15) is 29.0 Å². The van der Waals surface area contributed by atoms with Gasteiger partial charge in [-0.05, 0) is 24.6 Å². The van der Waals surface area contributed by atoms with Crippen LogP contribution < -0.4 is 5.73 Å². The number of rotatable bonds is 5. The largest absolute Gasteiger partial charge is 0.334 e. The average Bonchev–Trinajstić information content (AvgIpc) is 2.95. The van der Waals surface area contributed by atoms with Crippen LogP contribution in [0.2, 0.25) is 0 Å². The topological polar surface area (TPSA) is 77.0 Å². The predicted molar refractivity (Wildman–Crippen MR) is 76.0 cm³/mol. The lowest BCUT2D eigenvalue weighted by atomic mass is 10.1. The number of halogens is 1. The first-order chi connectivity index (χ1) is 10.0. The zero-order valence-corrected chi connectivity index (χ0v) is 12.0. The lowest BCUT2D eigenvalue weighted by molar-refractivity contribution is 0.0736. The number of carbonyl (C=O) groups is 1. The number of amides is 1. The fourth-order valence-electron chi connectivity index (χ4n) is 1.96. The molecule has 0 saturated carbocycles. The highest BCUT2D eigenvalue weighted by molar-refractivity contribution is 5.92. The molecule has 1 amide bonds. The zero-order chi connectivity index (χ0) is 15.4. The molecule has 0 aliphatic heterocycles. The van der Waals surface area contributed by atoms with E-state index in [-0.39, 0.29) is 23.5 Å². The molecule has 21 heavy (non-hydrogen) atoms. The summed E-state index contributed by atoms with van der Waals surface area (Å²) in [6.45, 7) is 2.81. The predicted octanol–water partition coefficient (Wildman–Crippen LogP) is 1.21. The van der Waals surface area contributed by atoms with E-state index in [2.05, 4.69) is 10.3 Å². The summed E-state index contributed by atoms with van der Waals surface area (Å²) in [7, 11) is 1.68. The Morgan fingerprint density at radius 1 is 1.43 bits per heavy atom. The second-order valence-corrected chi connectivity index (χ2v) is 4.80. The molecule has 0 aliphatic carbocycles. The molecule has 1 atom stereocenters. The van der Waals surface area contributed by atoms with Crippen molar-refractivity contribution in [2.45, 2.75) is 19.5 Å². The van der Waals surface area contributed by atoms with Crippen LogP contribution in [0.3, 0.4) is 0 Å². The van der Waals surface area contributed by atoms with Crippen LogP contribution in [0, 0.1) is 5.82 Å². The summed E-state index contributed by atoms with van der Waals surface area (Å²) in [6.07, 6.45) is 1.57. The fourth-order valence-corrected chi connectivity index (χ4v) is 1.96. The molecule has 0 radical (unpaired) electrons. The fraction of sp³-hybridized carbons (Fsp3) is 0.357. The molecule has 1 aromatic carbocycles. The lowest BCUT2D eigenvalue weighted by Gasteiger charge is -2.24. The van der Waals surface area contributed by atoms with Gasteiger partial charge in [0.1, 0.15) is 5.82 Å². The van der Waals surface area contributed by atoms with Gasteiger partial charge in [0.05, 0.1) is 18.8 Å². The van der Waals surface area contributed by atoms with Gasteiger partial charge in [-0.3, -0.25) is 9.48 Å². The lowest BCUT2D eigenvalue weighted by Crippen LogP contribution is -2.30. The minimum absolute atomic E-state index is 0.197. The van der Waals surface area contributed by atoms with E-state index < -0.39 is 0 Å². The van der Waals surface area contributed by atoms with Crippen molar-refractivity contribution in [3.8, 4) is 0 Å². The van der Waals surface area contributed by atoms with Crippen molar-refractivity contribution in [2.24, 2.45) is 5.73 Å². The summed E-state index contributed by atoms with van der Waals surface area (Å²) in [4.78, 5) is 13.9. The minimum atomic E-state index is -0.301. The molecule has 1 heterocycles. The number of hydrogen-bond acceptors (Lipinski definition) is 4. The van der Waals surface area contributed by atoms with Crippen LogP contribution >= 0.6 is 0 Å². The van der Waals surface area contributed by atoms with Crippen LogP contribution in [-0.4, -0.2) is 39.4 Å². The highest BCUT2D eigenvalue weighted by Gasteiger charge is 2.21. The van der Waals surface area contributed by atoms with Crippen LogP contribution in [0.25, 0.3) is 0 Å². The standard InChI is InChI=1S/C14H18FN5O/c1-10(11-3-5-12(15)6-4-11)19(2)14(21)13-9-20(8-7-16)18-17-13/h3-6,9-10H,7-8,16H2,1-2H3. The van der Waals surface area contributed by atoms with Crippen molar-refractivity contribution in [1.82, 2.24) is 19.9 Å². The van der Waals surface area contributed by atoms with E-state index in [1.54, 1.807) is 30.3 Å². The molecule has 0 saturated heterocycles. The Labute approximate surface area is 122 Å². The Hall–Kier alpha value is -2.28. The molecular formula is C14H18FN5O. The van der Waals surface area contributed by atoms with Crippen LogP contribution in [0.15, 0.2) is 30.5 Å². The molecule has 2 rings (SSSR count). The van der Waals surface area contributed by atoms with Gasteiger partial charge in [-0.2, -0.15) is 0 Å². The van der Waals surface area contributed by atoms with Crippen molar-refractivity contribution < 1.29 is 9.18 Å². The first-order valence-corrected chi connectivity index (χ1v) is 6.65. The third-order valence-corrected chi connectivity index (χ3v) is 3.37. The maximum atomic E-state index is 12.9. The maximum Gasteiger partial charge on any atom is 0.276 e. The van der Waals surface area contributed by atoms with E-state index >= 15 is 0 Å². The quantitative estimate of drug-likeness (QED) is 0.898. The Bertz CT molecular complexity index is 610. The molecule has 2 aromatic rings. The van der Waals surface area contributed by atoms with Gasteiger partial charge in [0.2, 0.25) is 0 Å². The molecule has 0 spiro atoms. The van der Waals surface area contributed by atoms with E-state index in [4.69, 9.17) is 5.73 Å². The van der Waals surface area contributed by atoms with E-state index in [1.165, 1.54) is 16.8 Å². The Kier molecular flexibility index (Phi) is 4.64. The van der Waals surface area contributed by atoms with Gasteiger partial charge in [0, 0.05) is 13.6 Å². The van der Waals surface area contributed by atoms with Gasteiger partial charge >= 0.3 is 0 Å². The zero-order valence-electron chi connectivity index (χ0n) is 12.0. The van der Waals surface area contributed by atoms with E-state index in [1.807, 2.05) is 6.92 Å². The number of nitrogens with two attached hydrogens (primary N) is 1. The normalized spacial score (nSPS) is 12.2. The summed E-state index contributed by atoms with van der Waals surface area (Å²) in [5.74, 6) is -0.542. The van der Waals surface area contributed by atoms with E-state index in [9.17, 15) is 9.18 Å². The van der Waals surface area contributed by atoms with Crippen LogP contribution in [0.4, 0.5) is 4.39 Å². The SMILES string of the molecule is CC(c1ccc(F)cc1)N(C)C(=O)c1cn(CCN)nn1. The molecule has 2 N–H and O–H groups in total. The number of carbonyl (C=O) groups excluding carboxylic acids is 1. The summed E-state index contributed by atoms with van der Waals surface area (Å²) in [6, 6.07) is 5.88. The van der Waals surface area contributed by atoms with Gasteiger partial charge < -0.3 is 10.6 Å². The van der Waals surface area contributed by atoms with Crippen molar-refractivity contribution in [3.05, 3.63) is 47.5 Å². The molecule has 0 bridgehead atoms. The summed E-state index contributed by atoms with van der Waals surface area (Å²) in [5, 5.41) is 7.69. The smallest absolute Gasteiger partial charge is 0.276 e. The number of hydrogen-bond donors (Lipinski definition) is 1. The molecule has 1 aromatic heterocycles. The second-order valence-electron chi connectivity index (χ2n) is 4.80. The maximum absolute atomic E-state index is 12.9. The van der Waals surface area contributed by atoms with Crippen molar-refractivity contribution >= 4 is 5.91 Å². The Morgan fingerprint density at radius 2 is 2.10 bits per heavy atom. The third-order valence-electron chi connectivity index (χ3n) is 3.37. The molecule has 7 heteroatoms. The average molecular weight is 291 g/mol. The summed E-state index contributed by atoms with van der Waals surface area (Å²) >= 11 is 0. The summed E-state index contributed by atoms with van der Waals surface area (Å²) in [5.41, 5.74) is 6.54. The molecule has 112 valence electrons. The van der Waals surface area contributed by atoms with Gasteiger partial charge in [0.25, 0.3) is 5.91 Å². The first-order valence-electron chi connectivity index (χ1n) is 6.65. The van der Waals surface area contributed by atoms with Crippen molar-refractivity contribution in [3.63, 3.8) is 0 Å². The second kappa shape index (κ2) is 6.45. The first kappa shape index (κ1) is 15.1. The van der Waals surface area contributed by atoms with Gasteiger partial charge in [-0.1, -0.05) is 17.3 Å². The van der Waals surface area contributed by atoms with Gasteiger partial charge in [0.15, 0.2) is 5.69 Å². The van der Waals surface area contributed by atoms with Crippen molar-refractivity contribution in [2.75, 3.05) is 13.6 Å². The minimum Gasteiger partial charge on any atom is -0.334 e. The Morgan fingerprint density at radius 3 is 2.71 bits per heavy atom. The monoisotopic (exact) mass is 291 g/mol. The highest BCUT2D eigenvalue weighted by atomic mass is 19.1. The van der Waals surface area contributed by atoms with E-state index in [0.717, 1.165) is 5.56 Å². The van der Waals surface area contributed by atoms with Gasteiger partial charge in [-0.15, -0.1) is 5.10 Å². The van der Waals surface area contributed by atoms with Crippen LogP contribution in [-0.2, 0) is 6.54 Å². The molecule has 0 aliphatic rings. The number of benzene rings is 1. The number of aromatic nitrogens is 3. The van der Waals surface area contributed by atoms with Crippen molar-refractivity contribution in [1.29, 1.82) is 0 Å². The molecule has 1 unspecified atom stereocenters. The molecule has 0 fully saturated rings. The van der Waals surface area contributed by atoms with Crippen LogP contribution in [0.5, 0.6) is 0 Å². The van der Waals surface area contributed by atoms with Gasteiger partial charge in [-0.25, -0.2) is 4.39 Å². The van der Waals surface area contributed by atoms with E-state index in [0.29, 0.717) is 13.1 Å². The molecule has 6 nitrogen and oxygen atoms in total. The highest BCUT2D eigenvalue weighted by Crippen LogP contribution is 2.20. The number of nitrogens with zero attached hydrogens (tertiary/aromatic N) is 4. The molecular weight excluding hydrogens is 273 g/mol. The third kappa shape index (κ3) is 3.43. The Balaban J connectivity index is 2.12. The summed E-state index contributed by atoms with van der Waals surface area (Å²) < 4.78 is 14.5.